The topological polar surface area (TPSA) is 69.2 Å². The maximum Gasteiger partial charge on any atom is 0.150 e. The summed E-state index contributed by atoms with van der Waals surface area (Å²) in [6.07, 6.45) is 0. The Morgan fingerprint density at radius 2 is 1.64 bits per heavy atom. The molecule has 22 heavy (non-hydrogen) atoms. The number of aromatic nitrogens is 2. The van der Waals surface area contributed by atoms with Crippen LogP contribution in [0.3, 0.4) is 0 Å². The number of ether oxygens (including phenoxy) is 1. The van der Waals surface area contributed by atoms with Crippen LogP contribution in [0.5, 0.6) is 5.75 Å². The van der Waals surface area contributed by atoms with Crippen molar-refractivity contribution in [2.75, 3.05) is 7.11 Å². The van der Waals surface area contributed by atoms with E-state index in [9.17, 15) is 9.59 Å². The summed E-state index contributed by atoms with van der Waals surface area (Å²) in [6, 6.07) is 11.1. The van der Waals surface area contributed by atoms with Gasteiger partial charge in [-0.2, -0.15) is 0 Å². The van der Waals surface area contributed by atoms with Gasteiger partial charge in [0.1, 0.15) is 16.0 Å². The minimum absolute atomic E-state index is 0.182. The van der Waals surface area contributed by atoms with Crippen molar-refractivity contribution in [1.29, 1.82) is 0 Å². The lowest BCUT2D eigenvalue weighted by atomic mass is 10.1. The van der Waals surface area contributed by atoms with Crippen LogP contribution in [-0.4, -0.2) is 34.1 Å². The summed E-state index contributed by atoms with van der Waals surface area (Å²) in [4.78, 5) is 22.9. The molecule has 0 saturated heterocycles. The Hall–Kier alpha value is -2.21. The van der Waals surface area contributed by atoms with Crippen molar-refractivity contribution in [1.82, 2.24) is 10.2 Å². The molecule has 0 saturated carbocycles. The third kappa shape index (κ3) is 3.92. The van der Waals surface area contributed by atoms with E-state index in [0.717, 1.165) is 23.1 Å². The molecule has 5 nitrogen and oxygen atoms in total. The third-order valence-corrected chi connectivity index (χ3v) is 4.36. The van der Waals surface area contributed by atoms with E-state index in [1.165, 1.54) is 13.8 Å². The first-order valence-corrected chi connectivity index (χ1v) is 7.55. The maximum atomic E-state index is 11.4. The minimum atomic E-state index is -0.721. The fourth-order valence-electron chi connectivity index (χ4n) is 1.87. The summed E-state index contributed by atoms with van der Waals surface area (Å²) in [5, 5.41) is 8.05. The largest absolute Gasteiger partial charge is 0.497 e. The van der Waals surface area contributed by atoms with Crippen molar-refractivity contribution in [3.05, 3.63) is 36.4 Å². The van der Waals surface area contributed by atoms with E-state index in [4.69, 9.17) is 4.74 Å². The lowest BCUT2D eigenvalue weighted by molar-refractivity contribution is -0.123. The van der Waals surface area contributed by atoms with Crippen molar-refractivity contribution >= 4 is 23.3 Å². The molecule has 2 rings (SSSR count). The first kappa shape index (κ1) is 16.2. The van der Waals surface area contributed by atoms with Crippen LogP contribution in [0, 0.1) is 0 Å². The van der Waals surface area contributed by atoms with Crippen molar-refractivity contribution in [2.45, 2.75) is 24.1 Å². The highest BCUT2D eigenvalue weighted by Gasteiger charge is 2.21. The van der Waals surface area contributed by atoms with E-state index in [1.807, 2.05) is 30.3 Å². The van der Waals surface area contributed by atoms with Crippen molar-refractivity contribution in [3.8, 4) is 17.0 Å². The highest BCUT2D eigenvalue weighted by molar-refractivity contribution is 8.01. The molecule has 0 fully saturated rings. The molecule has 6 heteroatoms. The number of methoxy groups -OCH3 is 1. The molecular formula is C16H16N2O3S. The molecule has 2 aromatic rings. The summed E-state index contributed by atoms with van der Waals surface area (Å²) in [5.41, 5.74) is 1.63. The summed E-state index contributed by atoms with van der Waals surface area (Å²) < 4.78 is 5.11. The average Bonchev–Trinajstić information content (AvgIpc) is 2.52. The molecule has 0 aliphatic rings. The molecule has 0 aliphatic heterocycles. The number of nitrogens with zero attached hydrogens (tertiary/aromatic N) is 2. The molecule has 0 spiro atoms. The lowest BCUT2D eigenvalue weighted by Gasteiger charge is -2.09. The van der Waals surface area contributed by atoms with E-state index in [-0.39, 0.29) is 11.6 Å². The first-order valence-electron chi connectivity index (χ1n) is 6.67. The van der Waals surface area contributed by atoms with Gasteiger partial charge in [0.05, 0.1) is 12.8 Å². The molecule has 0 aliphatic carbocycles. The van der Waals surface area contributed by atoms with E-state index >= 15 is 0 Å². The number of carbonyl (C=O) groups excluding carboxylic acids is 2. The van der Waals surface area contributed by atoms with Crippen LogP contribution in [0.15, 0.2) is 41.4 Å². The van der Waals surface area contributed by atoms with Gasteiger partial charge >= 0.3 is 0 Å². The summed E-state index contributed by atoms with van der Waals surface area (Å²) in [5.74, 6) is 0.409. The molecule has 1 heterocycles. The second-order valence-corrected chi connectivity index (χ2v) is 5.83. The molecular weight excluding hydrogens is 300 g/mol. The third-order valence-electron chi connectivity index (χ3n) is 3.00. The Bertz CT molecular complexity index is 655. The van der Waals surface area contributed by atoms with Gasteiger partial charge in [-0.1, -0.05) is 11.8 Å². The van der Waals surface area contributed by atoms with Crippen LogP contribution in [-0.2, 0) is 9.59 Å². The molecule has 0 bridgehead atoms. The number of hydrogen-bond donors (Lipinski definition) is 0. The van der Waals surface area contributed by atoms with Gasteiger partial charge in [-0.3, -0.25) is 9.59 Å². The van der Waals surface area contributed by atoms with Gasteiger partial charge in [-0.15, -0.1) is 10.2 Å². The highest BCUT2D eigenvalue weighted by atomic mass is 32.2. The zero-order chi connectivity index (χ0) is 16.1. The maximum absolute atomic E-state index is 11.4. The van der Waals surface area contributed by atoms with Crippen LogP contribution in [0.25, 0.3) is 11.3 Å². The predicted octanol–water partition coefficient (Wildman–Crippen LogP) is 2.79. The number of hydrogen-bond acceptors (Lipinski definition) is 6. The number of thioether (sulfide) groups is 1. The zero-order valence-corrected chi connectivity index (χ0v) is 13.4. The number of Topliss-reactive ketones (excluding diaryl/α,β-unsaturated/α-hetero) is 2. The van der Waals surface area contributed by atoms with Crippen LogP contribution in [0.2, 0.25) is 0 Å². The number of benzene rings is 1. The van der Waals surface area contributed by atoms with Gasteiger partial charge < -0.3 is 4.74 Å². The average molecular weight is 316 g/mol. The fraction of sp³-hybridized carbons (Fsp3) is 0.250. The highest BCUT2D eigenvalue weighted by Crippen LogP contribution is 2.25. The quantitative estimate of drug-likeness (QED) is 0.603. The van der Waals surface area contributed by atoms with Crippen LogP contribution >= 0.6 is 11.8 Å². The summed E-state index contributed by atoms with van der Waals surface area (Å²) >= 11 is 1.12. The molecule has 0 N–H and O–H groups in total. The Morgan fingerprint density at radius 1 is 1.00 bits per heavy atom. The number of carbonyl (C=O) groups is 2. The smallest absolute Gasteiger partial charge is 0.150 e. The van der Waals surface area contributed by atoms with E-state index in [0.29, 0.717) is 10.7 Å². The van der Waals surface area contributed by atoms with Crippen LogP contribution in [0.1, 0.15) is 13.8 Å². The molecule has 0 amide bonds. The van der Waals surface area contributed by atoms with Crippen LogP contribution in [0.4, 0.5) is 0 Å². The first-order chi connectivity index (χ1) is 10.5. The predicted molar refractivity (Wildman–Crippen MR) is 85.0 cm³/mol. The lowest BCUT2D eigenvalue weighted by Crippen LogP contribution is -2.22. The second-order valence-electron chi connectivity index (χ2n) is 4.70. The Morgan fingerprint density at radius 3 is 2.09 bits per heavy atom. The molecule has 114 valence electrons. The summed E-state index contributed by atoms with van der Waals surface area (Å²) in [7, 11) is 1.61. The standard InChI is InChI=1S/C16H16N2O3S/c1-10(19)16(11(2)20)22-15-9-8-14(17-18-15)12-4-6-13(21-3)7-5-12/h4-9,16H,1-3H3. The summed E-state index contributed by atoms with van der Waals surface area (Å²) in [6.45, 7) is 2.80. The van der Waals surface area contributed by atoms with E-state index < -0.39 is 5.25 Å². The molecule has 1 aromatic carbocycles. The van der Waals surface area contributed by atoms with Gasteiger partial charge in [0.15, 0.2) is 11.6 Å². The number of ketones is 2. The van der Waals surface area contributed by atoms with Gasteiger partial charge in [0, 0.05) is 5.56 Å². The Labute approximate surface area is 133 Å². The SMILES string of the molecule is COc1ccc(-c2ccc(SC(C(C)=O)C(C)=O)nn2)cc1. The molecule has 0 atom stereocenters. The van der Waals surface area contributed by atoms with E-state index in [2.05, 4.69) is 10.2 Å². The second kappa shape index (κ2) is 7.17. The normalized spacial score (nSPS) is 10.5. The van der Waals surface area contributed by atoms with Gasteiger partial charge in [0.25, 0.3) is 0 Å². The Kier molecular flexibility index (Phi) is 5.27. The number of rotatable bonds is 6. The van der Waals surface area contributed by atoms with Crippen LogP contribution < -0.4 is 4.74 Å². The zero-order valence-electron chi connectivity index (χ0n) is 12.6. The van der Waals surface area contributed by atoms with Crippen molar-refractivity contribution in [2.24, 2.45) is 0 Å². The van der Waals surface area contributed by atoms with Crippen molar-refractivity contribution in [3.63, 3.8) is 0 Å². The molecule has 0 radical (unpaired) electrons. The minimum Gasteiger partial charge on any atom is -0.497 e. The fourth-order valence-corrected chi connectivity index (χ4v) is 2.68. The van der Waals surface area contributed by atoms with E-state index in [1.54, 1.807) is 13.2 Å². The molecule has 1 aromatic heterocycles. The monoisotopic (exact) mass is 316 g/mol. The van der Waals surface area contributed by atoms with Gasteiger partial charge in [0.2, 0.25) is 0 Å². The van der Waals surface area contributed by atoms with Gasteiger partial charge in [-0.05, 0) is 50.2 Å². The molecule has 0 unspecified atom stereocenters. The van der Waals surface area contributed by atoms with Crippen molar-refractivity contribution < 1.29 is 14.3 Å². The van der Waals surface area contributed by atoms with Gasteiger partial charge in [-0.25, -0.2) is 0 Å². The Balaban J connectivity index is 2.15.